The zero-order valence-corrected chi connectivity index (χ0v) is 16.7. The highest BCUT2D eigenvalue weighted by Gasteiger charge is 2.55. The summed E-state index contributed by atoms with van der Waals surface area (Å²) in [6.45, 7) is 2.81. The van der Waals surface area contributed by atoms with E-state index in [0.717, 1.165) is 21.9 Å². The second-order valence-corrected chi connectivity index (χ2v) is 8.42. The van der Waals surface area contributed by atoms with E-state index in [1.54, 1.807) is 19.0 Å². The molecule has 0 radical (unpaired) electrons. The van der Waals surface area contributed by atoms with Crippen LogP contribution in [0, 0.1) is 12.3 Å². The average Bonchev–Trinajstić information content (AvgIpc) is 2.86. The largest absolute Gasteiger partial charge is 0.420 e. The minimum absolute atomic E-state index is 0.00363. The number of aromatic nitrogens is 3. The summed E-state index contributed by atoms with van der Waals surface area (Å²) < 4.78 is 42.7. The van der Waals surface area contributed by atoms with Crippen molar-refractivity contribution in [3.63, 3.8) is 0 Å². The summed E-state index contributed by atoms with van der Waals surface area (Å²) in [6.07, 6.45) is -1.81. The number of aryl methyl sites for hydroxylation is 1. The third-order valence-corrected chi connectivity index (χ3v) is 6.27. The molecule has 0 atom stereocenters. The summed E-state index contributed by atoms with van der Waals surface area (Å²) in [7, 11) is 1.74. The van der Waals surface area contributed by atoms with Gasteiger partial charge in [-0.15, -0.1) is 0 Å². The molecular weight excluding hydrogens is 419 g/mol. The number of alkyl halides is 3. The van der Waals surface area contributed by atoms with Crippen LogP contribution in [-0.4, -0.2) is 55.6 Å². The Balaban J connectivity index is 1.58. The lowest BCUT2D eigenvalue weighted by Crippen LogP contribution is -2.67. The number of hydrogen-bond acceptors (Lipinski definition) is 8. The Morgan fingerprint density at radius 3 is 2.61 bits per heavy atom. The number of nitrogens with two attached hydrogens (primary N) is 1. The number of fused-ring (bicyclic) bond motifs is 1. The summed E-state index contributed by atoms with van der Waals surface area (Å²) in [4.78, 5) is 6.12. The molecule has 154 valence electrons. The van der Waals surface area contributed by atoms with Crippen LogP contribution in [0.25, 0.3) is 5.52 Å². The van der Waals surface area contributed by atoms with Crippen molar-refractivity contribution in [2.75, 3.05) is 25.0 Å². The van der Waals surface area contributed by atoms with E-state index in [1.165, 1.54) is 6.20 Å². The first-order valence-corrected chi connectivity index (χ1v) is 9.72. The first-order chi connectivity index (χ1) is 13.0. The molecule has 13 heteroatoms. The van der Waals surface area contributed by atoms with Crippen molar-refractivity contribution < 1.29 is 18.4 Å². The molecule has 0 unspecified atom stereocenters. The summed E-state index contributed by atoms with van der Waals surface area (Å²) in [5.74, 6) is 0.612. The van der Waals surface area contributed by atoms with Crippen LogP contribution in [-0.2, 0) is 6.18 Å². The fraction of sp³-hybridized carbons (Fsp3) is 0.600. The maximum atomic E-state index is 13.5. The molecule has 1 aliphatic heterocycles. The molecule has 3 N–H and O–H groups in total. The molecule has 4 rings (SSSR count). The highest BCUT2D eigenvalue weighted by Crippen LogP contribution is 2.52. The number of anilines is 1. The fourth-order valence-electron chi connectivity index (χ4n) is 4.22. The molecule has 2 fully saturated rings. The van der Waals surface area contributed by atoms with Gasteiger partial charge < -0.3 is 4.90 Å². The molecule has 0 bridgehead atoms. The minimum atomic E-state index is -4.60. The zero-order valence-electron chi connectivity index (χ0n) is 15.1. The summed E-state index contributed by atoms with van der Waals surface area (Å²) in [6, 6.07) is 0.129. The molecule has 1 aliphatic carbocycles. The predicted molar refractivity (Wildman–Crippen MR) is 98.6 cm³/mol. The second-order valence-electron chi connectivity index (χ2n) is 7.48. The summed E-state index contributed by atoms with van der Waals surface area (Å²) in [5.41, 5.74) is -1.02. The molecule has 1 saturated heterocycles. The van der Waals surface area contributed by atoms with E-state index in [2.05, 4.69) is 10.1 Å². The Morgan fingerprint density at radius 2 is 2.04 bits per heavy atom. The maximum Gasteiger partial charge on any atom is 0.420 e. The summed E-state index contributed by atoms with van der Waals surface area (Å²) >= 11 is 6.57. The Labute approximate surface area is 168 Å². The monoisotopic (exact) mass is 437 g/mol. The van der Waals surface area contributed by atoms with Gasteiger partial charge in [0.15, 0.2) is 5.82 Å². The van der Waals surface area contributed by atoms with Gasteiger partial charge in [-0.25, -0.2) is 14.5 Å². The number of halogens is 4. The number of hydrogen-bond donors (Lipinski definition) is 2. The number of hydrazine groups is 1. The molecule has 1 spiro atoms. The molecular formula is C15H19ClF3N7OS. The third-order valence-electron chi connectivity index (χ3n) is 5.54. The van der Waals surface area contributed by atoms with Gasteiger partial charge >= 0.3 is 6.18 Å². The van der Waals surface area contributed by atoms with Gasteiger partial charge in [-0.05, 0) is 24.3 Å². The highest BCUT2D eigenvalue weighted by atomic mass is 35.5. The van der Waals surface area contributed by atoms with E-state index in [1.807, 2.05) is 4.90 Å². The Morgan fingerprint density at radius 1 is 1.39 bits per heavy atom. The van der Waals surface area contributed by atoms with E-state index in [0.29, 0.717) is 31.0 Å². The van der Waals surface area contributed by atoms with Crippen molar-refractivity contribution in [3.8, 4) is 0 Å². The van der Waals surface area contributed by atoms with E-state index in [9.17, 15) is 18.4 Å². The lowest BCUT2D eigenvalue weighted by atomic mass is 9.60. The molecule has 2 aliphatic rings. The van der Waals surface area contributed by atoms with Gasteiger partial charge in [0.2, 0.25) is 0 Å². The molecule has 2 aromatic rings. The Hall–Kier alpha value is -1.31. The van der Waals surface area contributed by atoms with Gasteiger partial charge in [0, 0.05) is 49.9 Å². The quantitative estimate of drug-likeness (QED) is 0.558. The molecule has 28 heavy (non-hydrogen) atoms. The van der Waals surface area contributed by atoms with Crippen molar-refractivity contribution in [1.82, 2.24) is 24.2 Å². The molecule has 0 amide bonds. The Bertz CT molecular complexity index is 909. The van der Waals surface area contributed by atoms with Crippen molar-refractivity contribution in [3.05, 3.63) is 22.6 Å². The standard InChI is InChI=1S/C15H19ClF3N7OS/c1-8-21-13(12-11(15(17,18)19)10(16)5-25(12)22-8)24-6-14(7-24)3-9(4-14)23(2)26(27)28-20/h5,9,27H,3-4,6-7,20H2,1-2H3. The van der Waals surface area contributed by atoms with Crippen molar-refractivity contribution in [1.29, 1.82) is 0 Å². The van der Waals surface area contributed by atoms with Gasteiger partial charge in [-0.1, -0.05) is 11.6 Å². The first-order valence-electron chi connectivity index (χ1n) is 8.51. The van der Waals surface area contributed by atoms with Gasteiger partial charge in [-0.3, -0.25) is 10.3 Å². The second kappa shape index (κ2) is 6.61. The van der Waals surface area contributed by atoms with Crippen molar-refractivity contribution in [2.45, 2.75) is 32.0 Å². The van der Waals surface area contributed by atoms with E-state index in [-0.39, 0.29) is 22.8 Å². The van der Waals surface area contributed by atoms with Gasteiger partial charge in [-0.2, -0.15) is 18.3 Å². The van der Waals surface area contributed by atoms with Crippen LogP contribution in [0.2, 0.25) is 5.02 Å². The third kappa shape index (κ3) is 3.12. The normalized spacial score (nSPS) is 19.7. The number of nitrogens with zero attached hydrogens (tertiary/aromatic N) is 6. The average molecular weight is 438 g/mol. The van der Waals surface area contributed by atoms with Crippen molar-refractivity contribution in [2.24, 2.45) is 10.6 Å². The zero-order chi connectivity index (χ0) is 20.4. The molecule has 0 aromatic carbocycles. The van der Waals surface area contributed by atoms with Crippen LogP contribution in [0.15, 0.2) is 6.20 Å². The fourth-order valence-corrected chi connectivity index (χ4v) is 4.79. The smallest absolute Gasteiger partial charge is 0.353 e. The Kier molecular flexibility index (Phi) is 4.71. The topological polar surface area (TPSA) is 86.2 Å². The van der Waals surface area contributed by atoms with E-state index >= 15 is 0 Å². The maximum absolute atomic E-state index is 13.5. The van der Waals surface area contributed by atoms with Gasteiger partial charge in [0.1, 0.15) is 16.9 Å². The lowest BCUT2D eigenvalue weighted by Gasteiger charge is -2.61. The first kappa shape index (κ1) is 20.0. The van der Waals surface area contributed by atoms with Crippen LogP contribution >= 0.6 is 23.7 Å². The molecule has 3 heterocycles. The van der Waals surface area contributed by atoms with Crippen LogP contribution in [0.3, 0.4) is 0 Å². The van der Waals surface area contributed by atoms with E-state index in [4.69, 9.17) is 16.7 Å². The van der Waals surface area contributed by atoms with Crippen molar-refractivity contribution >= 4 is 35.1 Å². The number of rotatable bonds is 4. The van der Waals surface area contributed by atoms with Crippen LogP contribution in [0.4, 0.5) is 19.0 Å². The SMILES string of the molecule is Cc1nc(N2CC3(CC(N(C)N(O)SN)C3)C2)c2c(C(F)(F)F)c(Cl)cn2n1. The molecule has 8 nitrogen and oxygen atoms in total. The predicted octanol–water partition coefficient (Wildman–Crippen LogP) is 2.74. The molecule has 2 aromatic heterocycles. The van der Waals surface area contributed by atoms with Crippen LogP contribution < -0.4 is 10.0 Å². The van der Waals surface area contributed by atoms with Crippen LogP contribution in [0.5, 0.6) is 0 Å². The van der Waals surface area contributed by atoms with Gasteiger partial charge in [0.25, 0.3) is 0 Å². The molecule has 1 saturated carbocycles. The van der Waals surface area contributed by atoms with Gasteiger partial charge in [0.05, 0.1) is 5.02 Å². The van der Waals surface area contributed by atoms with E-state index < -0.39 is 16.8 Å². The highest BCUT2D eigenvalue weighted by molar-refractivity contribution is 7.94. The summed E-state index contributed by atoms with van der Waals surface area (Å²) in [5, 5.41) is 20.3. The van der Waals surface area contributed by atoms with Crippen LogP contribution in [0.1, 0.15) is 24.2 Å². The minimum Gasteiger partial charge on any atom is -0.353 e. The lowest BCUT2D eigenvalue weighted by molar-refractivity contribution is -0.196.